The fourth-order valence-corrected chi connectivity index (χ4v) is 1.95. The lowest BCUT2D eigenvalue weighted by atomic mass is 9.93. The molecule has 0 fully saturated rings. The first-order valence-corrected chi connectivity index (χ1v) is 7.00. The number of nitrogens with one attached hydrogen (secondary N) is 1. The summed E-state index contributed by atoms with van der Waals surface area (Å²) in [6.45, 7) is 13.2. The fraction of sp³-hybridized carbons (Fsp3) is 0.600. The van der Waals surface area contributed by atoms with Gasteiger partial charge >= 0.3 is 0 Å². The predicted octanol–water partition coefficient (Wildman–Crippen LogP) is 3.84. The van der Waals surface area contributed by atoms with E-state index >= 15 is 0 Å². The second kappa shape index (κ2) is 9.42. The molecule has 0 aliphatic rings. The van der Waals surface area contributed by atoms with Crippen LogP contribution in [-0.2, 0) is 0 Å². The molecule has 0 aromatic carbocycles. The topological polar surface area (TPSA) is 38.0 Å². The van der Waals surface area contributed by atoms with Gasteiger partial charge in [-0.1, -0.05) is 38.2 Å². The zero-order valence-corrected chi connectivity index (χ0v) is 13.1. The zero-order valence-electron chi connectivity index (χ0n) is 12.2. The van der Waals surface area contributed by atoms with Gasteiger partial charge in [0.2, 0.25) is 0 Å². The molecular weight excluding hydrogens is 240 g/mol. The van der Waals surface area contributed by atoms with Crippen LogP contribution in [0, 0.1) is 11.8 Å². The van der Waals surface area contributed by atoms with Crippen molar-refractivity contribution in [1.82, 2.24) is 5.43 Å². The molecule has 1 unspecified atom stereocenters. The number of hydrazine groups is 1. The summed E-state index contributed by atoms with van der Waals surface area (Å²) < 4.78 is 0. The van der Waals surface area contributed by atoms with Crippen molar-refractivity contribution in [3.63, 3.8) is 0 Å². The van der Waals surface area contributed by atoms with Crippen LogP contribution in [0.5, 0.6) is 0 Å². The summed E-state index contributed by atoms with van der Waals surface area (Å²) in [5.41, 5.74) is 5.30. The number of hydrogen-bond acceptors (Lipinski definition) is 3. The second-order valence-electron chi connectivity index (χ2n) is 5.05. The van der Waals surface area contributed by atoms with Crippen molar-refractivity contribution in [2.24, 2.45) is 17.7 Å². The van der Waals surface area contributed by atoms with Crippen molar-refractivity contribution < 1.29 is 0 Å². The molecule has 0 aromatic heterocycles. The van der Waals surface area contributed by atoms with E-state index in [2.05, 4.69) is 64.5 Å². The molecule has 0 aliphatic heterocycles. The van der Waals surface area contributed by atoms with Gasteiger partial charge in [-0.2, -0.15) is 0 Å². The van der Waals surface area contributed by atoms with Gasteiger partial charge in [0.25, 0.3) is 0 Å². The van der Waals surface area contributed by atoms with Gasteiger partial charge in [0.05, 0.1) is 0 Å². The molecule has 0 bridgehead atoms. The third-order valence-corrected chi connectivity index (χ3v) is 3.76. The van der Waals surface area contributed by atoms with Crippen LogP contribution in [0.25, 0.3) is 0 Å². The quantitative estimate of drug-likeness (QED) is 0.271. The Labute approximate surface area is 118 Å². The Morgan fingerprint density at radius 2 is 2.06 bits per heavy atom. The first-order chi connectivity index (χ1) is 8.42. The first kappa shape index (κ1) is 17.5. The lowest BCUT2D eigenvalue weighted by Gasteiger charge is -2.16. The first-order valence-electron chi connectivity index (χ1n) is 6.55. The lowest BCUT2D eigenvalue weighted by molar-refractivity contribution is 0.467. The van der Waals surface area contributed by atoms with Crippen molar-refractivity contribution in [2.45, 2.75) is 40.5 Å². The van der Waals surface area contributed by atoms with Crippen LogP contribution in [0.4, 0.5) is 0 Å². The van der Waals surface area contributed by atoms with Crippen molar-refractivity contribution in [3.8, 4) is 0 Å². The number of hydrogen-bond donors (Lipinski definition) is 3. The minimum atomic E-state index is 0.468. The van der Waals surface area contributed by atoms with Gasteiger partial charge in [-0.25, -0.2) is 0 Å². The van der Waals surface area contributed by atoms with E-state index in [1.165, 1.54) is 11.1 Å². The summed E-state index contributed by atoms with van der Waals surface area (Å²) in [5, 5.41) is 0. The van der Waals surface area contributed by atoms with E-state index in [1.807, 2.05) is 0 Å². The van der Waals surface area contributed by atoms with Crippen LogP contribution in [0.15, 0.2) is 34.8 Å². The van der Waals surface area contributed by atoms with Gasteiger partial charge in [-0.05, 0) is 49.0 Å². The smallest absolute Gasteiger partial charge is 0.0348 e. The van der Waals surface area contributed by atoms with Gasteiger partial charge in [0.1, 0.15) is 0 Å². The lowest BCUT2D eigenvalue weighted by Crippen LogP contribution is -2.24. The van der Waals surface area contributed by atoms with E-state index in [9.17, 15) is 0 Å². The minimum Gasteiger partial charge on any atom is -0.271 e. The highest BCUT2D eigenvalue weighted by molar-refractivity contribution is 7.84. The molecule has 18 heavy (non-hydrogen) atoms. The Kier molecular flexibility index (Phi) is 9.16. The van der Waals surface area contributed by atoms with Gasteiger partial charge < -0.3 is 0 Å². The Morgan fingerprint density at radius 1 is 1.44 bits per heavy atom. The van der Waals surface area contributed by atoms with Crippen molar-refractivity contribution in [2.75, 3.05) is 6.54 Å². The molecule has 0 rings (SSSR count). The van der Waals surface area contributed by atoms with E-state index in [0.29, 0.717) is 11.8 Å². The van der Waals surface area contributed by atoms with Crippen LogP contribution in [-0.4, -0.2) is 6.54 Å². The van der Waals surface area contributed by atoms with E-state index in [0.717, 1.165) is 24.3 Å². The van der Waals surface area contributed by atoms with Crippen LogP contribution >= 0.6 is 12.6 Å². The standard InChI is InChI=1S/C15H28N2S/c1-6-12(3)15(10-17-16)8-7-11(2)9-13(4)14(5)18/h6,8,11,13,17-18H,5,7,9-10,16H2,1-4H3/b12-6+,15-8-/t11-,13?/m1/s1. The molecule has 3 N–H and O–H groups in total. The summed E-state index contributed by atoms with van der Waals surface area (Å²) >= 11 is 4.31. The fourth-order valence-electron chi connectivity index (χ4n) is 1.85. The Hall–Kier alpha value is -0.510. The highest BCUT2D eigenvalue weighted by Gasteiger charge is 2.09. The van der Waals surface area contributed by atoms with Gasteiger partial charge in [-0.3, -0.25) is 11.3 Å². The molecular formula is C15H28N2S. The second-order valence-corrected chi connectivity index (χ2v) is 5.63. The van der Waals surface area contributed by atoms with Crippen molar-refractivity contribution >= 4 is 12.6 Å². The largest absolute Gasteiger partial charge is 0.271 e. The molecule has 104 valence electrons. The summed E-state index contributed by atoms with van der Waals surface area (Å²) in [5.74, 6) is 6.50. The number of rotatable bonds is 8. The molecule has 0 radical (unpaired) electrons. The number of thiol groups is 1. The summed E-state index contributed by atoms with van der Waals surface area (Å²) in [6, 6.07) is 0. The average Bonchev–Trinajstić information content (AvgIpc) is 2.33. The zero-order chi connectivity index (χ0) is 14.1. The molecule has 0 spiro atoms. The Bertz CT molecular complexity index is 318. The highest BCUT2D eigenvalue weighted by atomic mass is 32.1. The summed E-state index contributed by atoms with van der Waals surface area (Å²) in [7, 11) is 0. The third-order valence-electron chi connectivity index (χ3n) is 3.32. The number of nitrogens with two attached hydrogens (primary N) is 1. The molecule has 3 heteroatoms. The van der Waals surface area contributed by atoms with Crippen LogP contribution in [0.2, 0.25) is 0 Å². The minimum absolute atomic E-state index is 0.468. The van der Waals surface area contributed by atoms with E-state index < -0.39 is 0 Å². The molecule has 2 atom stereocenters. The predicted molar refractivity (Wildman–Crippen MR) is 85.4 cm³/mol. The molecule has 0 saturated carbocycles. The molecule has 0 saturated heterocycles. The summed E-state index contributed by atoms with van der Waals surface area (Å²) in [4.78, 5) is 0.972. The maximum Gasteiger partial charge on any atom is 0.0348 e. The molecule has 0 amide bonds. The van der Waals surface area contributed by atoms with E-state index in [1.54, 1.807) is 0 Å². The van der Waals surface area contributed by atoms with Crippen LogP contribution in [0.1, 0.15) is 40.5 Å². The van der Waals surface area contributed by atoms with Crippen LogP contribution < -0.4 is 11.3 Å². The van der Waals surface area contributed by atoms with Crippen molar-refractivity contribution in [3.05, 3.63) is 34.8 Å². The van der Waals surface area contributed by atoms with Gasteiger partial charge in [-0.15, -0.1) is 12.6 Å². The Balaban J connectivity index is 4.43. The molecule has 0 heterocycles. The molecule has 2 nitrogen and oxygen atoms in total. The molecule has 0 aromatic rings. The highest BCUT2D eigenvalue weighted by Crippen LogP contribution is 2.23. The average molecular weight is 268 g/mol. The van der Waals surface area contributed by atoms with Gasteiger partial charge in [0, 0.05) is 6.54 Å². The van der Waals surface area contributed by atoms with Crippen LogP contribution in [0.3, 0.4) is 0 Å². The SMILES string of the molecule is C=C(S)C(C)C[C@H](C)C/C=C(CNN)\C(C)=C\C. The third kappa shape index (κ3) is 7.04. The monoisotopic (exact) mass is 268 g/mol. The maximum atomic E-state index is 5.41. The van der Waals surface area contributed by atoms with E-state index in [-0.39, 0.29) is 0 Å². The van der Waals surface area contributed by atoms with Crippen molar-refractivity contribution in [1.29, 1.82) is 0 Å². The molecule has 0 aliphatic carbocycles. The van der Waals surface area contributed by atoms with Gasteiger partial charge in [0.15, 0.2) is 0 Å². The Morgan fingerprint density at radius 3 is 2.50 bits per heavy atom. The van der Waals surface area contributed by atoms with E-state index in [4.69, 9.17) is 5.84 Å². The maximum absolute atomic E-state index is 5.41. The summed E-state index contributed by atoms with van der Waals surface area (Å²) in [6.07, 6.45) is 6.59. The number of allylic oxidation sites excluding steroid dienone is 3. The normalized spacial score (nSPS) is 16.6.